The number of rotatable bonds is 7. The molecule has 24 heavy (non-hydrogen) atoms. The molecule has 0 aromatic heterocycles. The lowest BCUT2D eigenvalue weighted by Gasteiger charge is -2.20. The zero-order chi connectivity index (χ0) is 16.8. The average Bonchev–Trinajstić information content (AvgIpc) is 3.04. The fourth-order valence-electron chi connectivity index (χ4n) is 3.71. The number of hydrogen-bond donors (Lipinski definition) is 0. The second kappa shape index (κ2) is 8.48. The zero-order valence-corrected chi connectivity index (χ0v) is 15.3. The maximum atomic E-state index is 2.63. The molecule has 2 aromatic rings. The van der Waals surface area contributed by atoms with Gasteiger partial charge in [0.2, 0.25) is 0 Å². The molecule has 3 rings (SSSR count). The van der Waals surface area contributed by atoms with Crippen molar-refractivity contribution in [3.8, 4) is 11.1 Å². The SMILES string of the molecule is CCCCc1ccc(-c2ccc(CCN3CCCC3C)cc2)cc1. The molecule has 1 aliphatic heterocycles. The van der Waals surface area contributed by atoms with Crippen molar-refractivity contribution in [3.63, 3.8) is 0 Å². The zero-order valence-electron chi connectivity index (χ0n) is 15.3. The Bertz CT molecular complexity index is 611. The fourth-order valence-corrected chi connectivity index (χ4v) is 3.71. The molecule has 0 saturated carbocycles. The van der Waals surface area contributed by atoms with Crippen LogP contribution in [-0.4, -0.2) is 24.0 Å². The van der Waals surface area contributed by atoms with Gasteiger partial charge in [-0.15, -0.1) is 0 Å². The Morgan fingerprint density at radius 1 is 0.875 bits per heavy atom. The van der Waals surface area contributed by atoms with E-state index in [0.29, 0.717) is 0 Å². The Labute approximate surface area is 147 Å². The van der Waals surface area contributed by atoms with Gasteiger partial charge in [0.15, 0.2) is 0 Å². The number of hydrogen-bond acceptors (Lipinski definition) is 1. The van der Waals surface area contributed by atoms with Gasteiger partial charge >= 0.3 is 0 Å². The third-order valence-corrected chi connectivity index (χ3v) is 5.44. The molecule has 0 N–H and O–H groups in total. The van der Waals surface area contributed by atoms with E-state index in [9.17, 15) is 0 Å². The Morgan fingerprint density at radius 2 is 1.46 bits per heavy atom. The van der Waals surface area contributed by atoms with Crippen LogP contribution in [0, 0.1) is 0 Å². The number of aryl methyl sites for hydroxylation is 1. The van der Waals surface area contributed by atoms with E-state index in [-0.39, 0.29) is 0 Å². The van der Waals surface area contributed by atoms with E-state index >= 15 is 0 Å². The second-order valence-corrected chi connectivity index (χ2v) is 7.27. The van der Waals surface area contributed by atoms with Gasteiger partial charge in [-0.05, 0) is 67.8 Å². The minimum atomic E-state index is 0.774. The molecular weight excluding hydrogens is 290 g/mol. The molecule has 0 aliphatic carbocycles. The van der Waals surface area contributed by atoms with Gasteiger partial charge in [-0.2, -0.15) is 0 Å². The molecule has 0 bridgehead atoms. The van der Waals surface area contributed by atoms with E-state index in [1.54, 1.807) is 0 Å². The monoisotopic (exact) mass is 321 g/mol. The highest BCUT2D eigenvalue weighted by molar-refractivity contribution is 5.64. The largest absolute Gasteiger partial charge is 0.300 e. The van der Waals surface area contributed by atoms with Crippen LogP contribution in [0.15, 0.2) is 48.5 Å². The molecule has 1 nitrogen and oxygen atoms in total. The number of unbranched alkanes of at least 4 members (excludes halogenated alkanes) is 1. The Morgan fingerprint density at radius 3 is 1.96 bits per heavy atom. The van der Waals surface area contributed by atoms with Crippen molar-refractivity contribution in [1.29, 1.82) is 0 Å². The highest BCUT2D eigenvalue weighted by Crippen LogP contribution is 2.22. The van der Waals surface area contributed by atoms with Crippen molar-refractivity contribution >= 4 is 0 Å². The molecule has 2 aromatic carbocycles. The summed E-state index contributed by atoms with van der Waals surface area (Å²) in [6.07, 6.45) is 7.65. The predicted octanol–water partition coefficient (Wildman–Crippen LogP) is 5.72. The molecule has 1 aliphatic rings. The van der Waals surface area contributed by atoms with Crippen LogP contribution in [0.2, 0.25) is 0 Å². The molecule has 1 heterocycles. The minimum Gasteiger partial charge on any atom is -0.300 e. The van der Waals surface area contributed by atoms with Crippen molar-refractivity contribution < 1.29 is 0 Å². The second-order valence-electron chi connectivity index (χ2n) is 7.27. The van der Waals surface area contributed by atoms with E-state index in [2.05, 4.69) is 67.3 Å². The summed E-state index contributed by atoms with van der Waals surface area (Å²) in [5.41, 5.74) is 5.57. The fraction of sp³-hybridized carbons (Fsp3) is 0.478. The van der Waals surface area contributed by atoms with Gasteiger partial charge < -0.3 is 4.90 Å². The average molecular weight is 322 g/mol. The Balaban J connectivity index is 1.57. The lowest BCUT2D eigenvalue weighted by molar-refractivity contribution is 0.272. The van der Waals surface area contributed by atoms with Crippen molar-refractivity contribution in [3.05, 3.63) is 59.7 Å². The van der Waals surface area contributed by atoms with Crippen LogP contribution < -0.4 is 0 Å². The predicted molar refractivity (Wildman–Crippen MR) is 104 cm³/mol. The van der Waals surface area contributed by atoms with Gasteiger partial charge in [-0.3, -0.25) is 0 Å². The van der Waals surface area contributed by atoms with E-state index in [1.807, 2.05) is 0 Å². The topological polar surface area (TPSA) is 3.24 Å². The lowest BCUT2D eigenvalue weighted by atomic mass is 10.00. The standard InChI is InChI=1S/C23H31N/c1-3-4-7-20-8-12-22(13-9-20)23-14-10-21(11-15-23)16-18-24-17-5-6-19(24)2/h8-15,19H,3-7,16-18H2,1-2H3. The third kappa shape index (κ3) is 4.48. The summed E-state index contributed by atoms with van der Waals surface area (Å²) < 4.78 is 0. The summed E-state index contributed by atoms with van der Waals surface area (Å²) in [6, 6.07) is 19.1. The first-order chi connectivity index (χ1) is 11.8. The third-order valence-electron chi connectivity index (χ3n) is 5.44. The number of likely N-dealkylation sites (tertiary alicyclic amines) is 1. The lowest BCUT2D eigenvalue weighted by Crippen LogP contribution is -2.28. The van der Waals surface area contributed by atoms with Crippen molar-refractivity contribution in [1.82, 2.24) is 4.90 Å². The molecule has 0 radical (unpaired) electrons. The summed E-state index contributed by atoms with van der Waals surface area (Å²) >= 11 is 0. The summed E-state index contributed by atoms with van der Waals surface area (Å²) in [7, 11) is 0. The van der Waals surface area contributed by atoms with Gasteiger partial charge in [-0.25, -0.2) is 0 Å². The molecule has 1 unspecified atom stereocenters. The molecule has 0 amide bonds. The minimum absolute atomic E-state index is 0.774. The summed E-state index contributed by atoms with van der Waals surface area (Å²) in [6.45, 7) is 7.09. The molecule has 1 saturated heterocycles. The van der Waals surface area contributed by atoms with Gasteiger partial charge in [-0.1, -0.05) is 61.9 Å². The highest BCUT2D eigenvalue weighted by Gasteiger charge is 2.19. The van der Waals surface area contributed by atoms with Crippen molar-refractivity contribution in [2.24, 2.45) is 0 Å². The molecule has 1 fully saturated rings. The van der Waals surface area contributed by atoms with Crippen molar-refractivity contribution in [2.75, 3.05) is 13.1 Å². The van der Waals surface area contributed by atoms with Gasteiger partial charge in [0.1, 0.15) is 0 Å². The van der Waals surface area contributed by atoms with E-state index in [4.69, 9.17) is 0 Å². The summed E-state index contributed by atoms with van der Waals surface area (Å²) in [5.74, 6) is 0. The maximum absolute atomic E-state index is 2.63. The van der Waals surface area contributed by atoms with E-state index in [1.165, 1.54) is 73.9 Å². The smallest absolute Gasteiger partial charge is 0.00675 e. The molecule has 0 spiro atoms. The van der Waals surface area contributed by atoms with Crippen LogP contribution in [0.5, 0.6) is 0 Å². The first kappa shape index (κ1) is 17.2. The van der Waals surface area contributed by atoms with Crippen molar-refractivity contribution in [2.45, 2.75) is 58.4 Å². The van der Waals surface area contributed by atoms with Crippen LogP contribution in [-0.2, 0) is 12.8 Å². The summed E-state index contributed by atoms with van der Waals surface area (Å²) in [5, 5.41) is 0. The number of nitrogens with zero attached hydrogens (tertiary/aromatic N) is 1. The van der Waals surface area contributed by atoms with Crippen LogP contribution in [0.4, 0.5) is 0 Å². The normalized spacial score (nSPS) is 18.2. The maximum Gasteiger partial charge on any atom is 0.00675 e. The van der Waals surface area contributed by atoms with Crippen LogP contribution in [0.1, 0.15) is 50.7 Å². The van der Waals surface area contributed by atoms with Gasteiger partial charge in [0, 0.05) is 12.6 Å². The van der Waals surface area contributed by atoms with Gasteiger partial charge in [0.25, 0.3) is 0 Å². The molecule has 1 atom stereocenters. The summed E-state index contributed by atoms with van der Waals surface area (Å²) in [4.78, 5) is 2.63. The van der Waals surface area contributed by atoms with Crippen LogP contribution in [0.3, 0.4) is 0 Å². The molecular formula is C23H31N. The van der Waals surface area contributed by atoms with Crippen LogP contribution in [0.25, 0.3) is 11.1 Å². The molecule has 1 heteroatoms. The van der Waals surface area contributed by atoms with E-state index < -0.39 is 0 Å². The quantitative estimate of drug-likeness (QED) is 0.630. The Kier molecular flexibility index (Phi) is 6.09. The number of benzene rings is 2. The van der Waals surface area contributed by atoms with E-state index in [0.717, 1.165) is 6.04 Å². The molecule has 128 valence electrons. The van der Waals surface area contributed by atoms with Gasteiger partial charge in [0.05, 0.1) is 0 Å². The first-order valence-corrected chi connectivity index (χ1v) is 9.68. The Hall–Kier alpha value is -1.60. The van der Waals surface area contributed by atoms with Crippen LogP contribution >= 0.6 is 0 Å². The first-order valence-electron chi connectivity index (χ1n) is 9.68. The highest BCUT2D eigenvalue weighted by atomic mass is 15.2.